The molecule has 0 aromatic heterocycles. The highest BCUT2D eigenvalue weighted by Gasteiger charge is 2.39. The average Bonchev–Trinajstić information content (AvgIpc) is 2.95. The molecule has 3 aromatic rings. The van der Waals surface area contributed by atoms with E-state index in [9.17, 15) is 31.9 Å². The van der Waals surface area contributed by atoms with E-state index in [0.29, 0.717) is 17.3 Å². The fraction of sp³-hybridized carbons (Fsp3) is 0.233. The van der Waals surface area contributed by atoms with Crippen molar-refractivity contribution < 1.29 is 37.1 Å². The normalized spacial score (nSPS) is 13.2. The summed E-state index contributed by atoms with van der Waals surface area (Å²) in [4.78, 5) is 37.4. The van der Waals surface area contributed by atoms with Crippen molar-refractivity contribution in [1.82, 2.24) is 5.32 Å². The number of hydrogen-bond donors (Lipinski definition) is 3. The van der Waals surface area contributed by atoms with Gasteiger partial charge < -0.3 is 15.7 Å². The summed E-state index contributed by atoms with van der Waals surface area (Å²) in [5, 5.41) is 12.9. The van der Waals surface area contributed by atoms with Crippen LogP contribution in [0.4, 0.5) is 33.7 Å². The first kappa shape index (κ1) is 29.3. The van der Waals surface area contributed by atoms with E-state index in [-0.39, 0.29) is 17.8 Å². The SMILES string of the molecule is O=C(NCC(F)(F)C(=O)O)c1ccc(CN(C(=O)Nc2cc(F)cc(F)c2)c2ccc(C3=CCCCC3)cc2)cc1. The van der Waals surface area contributed by atoms with Crippen molar-refractivity contribution in [2.75, 3.05) is 16.8 Å². The number of hydrogen-bond acceptors (Lipinski definition) is 3. The summed E-state index contributed by atoms with van der Waals surface area (Å²) in [6.07, 6.45) is 6.41. The third kappa shape index (κ3) is 7.71. The number of carbonyl (C=O) groups excluding carboxylic acids is 2. The molecule has 0 bridgehead atoms. The van der Waals surface area contributed by atoms with Gasteiger partial charge in [-0.15, -0.1) is 0 Å². The Balaban J connectivity index is 1.54. The number of carbonyl (C=O) groups is 3. The van der Waals surface area contributed by atoms with E-state index in [2.05, 4.69) is 11.4 Å². The van der Waals surface area contributed by atoms with Crippen LogP contribution < -0.4 is 15.5 Å². The van der Waals surface area contributed by atoms with Crippen LogP contribution in [0, 0.1) is 11.6 Å². The van der Waals surface area contributed by atoms with Gasteiger partial charge in [0.2, 0.25) is 0 Å². The third-order valence-electron chi connectivity index (χ3n) is 6.54. The van der Waals surface area contributed by atoms with Crippen LogP contribution in [0.1, 0.15) is 47.2 Å². The number of amides is 3. The van der Waals surface area contributed by atoms with Gasteiger partial charge in [0.15, 0.2) is 0 Å². The summed E-state index contributed by atoms with van der Waals surface area (Å²) >= 11 is 0. The molecule has 3 N–H and O–H groups in total. The summed E-state index contributed by atoms with van der Waals surface area (Å²) in [7, 11) is 0. The highest BCUT2D eigenvalue weighted by Crippen LogP contribution is 2.29. The quantitative estimate of drug-likeness (QED) is 0.253. The number of anilines is 2. The van der Waals surface area contributed by atoms with Crippen LogP contribution in [0.3, 0.4) is 0 Å². The van der Waals surface area contributed by atoms with Gasteiger partial charge in [0.25, 0.3) is 5.91 Å². The molecule has 0 saturated heterocycles. The number of carboxylic acids is 1. The van der Waals surface area contributed by atoms with Crippen LogP contribution in [-0.2, 0) is 11.3 Å². The zero-order valence-corrected chi connectivity index (χ0v) is 21.8. The smallest absolute Gasteiger partial charge is 0.376 e. The van der Waals surface area contributed by atoms with Crippen LogP contribution >= 0.6 is 0 Å². The van der Waals surface area contributed by atoms with Gasteiger partial charge in [-0.2, -0.15) is 8.78 Å². The minimum atomic E-state index is -4.11. The Kier molecular flexibility index (Phi) is 9.06. The molecule has 0 spiro atoms. The highest BCUT2D eigenvalue weighted by atomic mass is 19.3. The number of aliphatic carboxylic acids is 1. The lowest BCUT2D eigenvalue weighted by Crippen LogP contribution is -2.42. The molecule has 7 nitrogen and oxygen atoms in total. The molecule has 0 radical (unpaired) electrons. The van der Waals surface area contributed by atoms with E-state index in [1.54, 1.807) is 12.1 Å². The zero-order chi connectivity index (χ0) is 29.6. The van der Waals surface area contributed by atoms with Crippen molar-refractivity contribution in [2.24, 2.45) is 0 Å². The van der Waals surface area contributed by atoms with Crippen LogP contribution in [0.25, 0.3) is 5.57 Å². The van der Waals surface area contributed by atoms with Gasteiger partial charge in [0.05, 0.1) is 13.1 Å². The molecule has 214 valence electrons. The lowest BCUT2D eigenvalue weighted by Gasteiger charge is -2.24. The first-order valence-corrected chi connectivity index (χ1v) is 12.8. The number of nitrogens with one attached hydrogen (secondary N) is 2. The van der Waals surface area contributed by atoms with Crippen LogP contribution in [0.2, 0.25) is 0 Å². The molecule has 0 heterocycles. The van der Waals surface area contributed by atoms with E-state index in [1.807, 2.05) is 17.4 Å². The maximum Gasteiger partial charge on any atom is 0.376 e. The Morgan fingerprint density at radius 1 is 0.902 bits per heavy atom. The molecule has 1 aliphatic carbocycles. The molecule has 1 aliphatic rings. The lowest BCUT2D eigenvalue weighted by molar-refractivity contribution is -0.163. The van der Waals surface area contributed by atoms with Crippen LogP contribution in [-0.4, -0.2) is 35.5 Å². The summed E-state index contributed by atoms with van der Waals surface area (Å²) in [5.74, 6) is -9.07. The van der Waals surface area contributed by atoms with Gasteiger partial charge in [-0.05, 0) is 78.8 Å². The Hall–Kier alpha value is -4.67. The van der Waals surface area contributed by atoms with E-state index in [0.717, 1.165) is 43.4 Å². The largest absolute Gasteiger partial charge is 0.477 e. The number of nitrogens with zero attached hydrogens (tertiary/aromatic N) is 1. The van der Waals surface area contributed by atoms with Crippen molar-refractivity contribution in [3.63, 3.8) is 0 Å². The van der Waals surface area contributed by atoms with Crippen molar-refractivity contribution in [1.29, 1.82) is 0 Å². The van der Waals surface area contributed by atoms with E-state index in [1.165, 1.54) is 34.7 Å². The lowest BCUT2D eigenvalue weighted by atomic mass is 9.93. The maximum atomic E-state index is 13.7. The topological polar surface area (TPSA) is 98.7 Å². The fourth-order valence-electron chi connectivity index (χ4n) is 4.37. The number of carboxylic acid groups (broad SMARTS) is 1. The zero-order valence-electron chi connectivity index (χ0n) is 21.8. The van der Waals surface area contributed by atoms with Gasteiger partial charge in [0.1, 0.15) is 11.6 Å². The number of urea groups is 1. The first-order chi connectivity index (χ1) is 19.5. The van der Waals surface area contributed by atoms with Gasteiger partial charge >= 0.3 is 17.9 Å². The molecule has 0 fully saturated rings. The van der Waals surface area contributed by atoms with E-state index < -0.39 is 42.0 Å². The third-order valence-corrected chi connectivity index (χ3v) is 6.54. The maximum absolute atomic E-state index is 13.7. The minimum absolute atomic E-state index is 0.00582. The molecule has 41 heavy (non-hydrogen) atoms. The minimum Gasteiger partial charge on any atom is -0.477 e. The molecular weight excluding hydrogens is 542 g/mol. The van der Waals surface area contributed by atoms with Gasteiger partial charge in [-0.25, -0.2) is 18.4 Å². The van der Waals surface area contributed by atoms with Gasteiger partial charge in [-0.1, -0.05) is 30.3 Å². The second-order valence-electron chi connectivity index (χ2n) is 9.59. The number of allylic oxidation sites excluding steroid dienone is 2. The Labute approximate surface area is 233 Å². The predicted molar refractivity (Wildman–Crippen MR) is 146 cm³/mol. The summed E-state index contributed by atoms with van der Waals surface area (Å²) in [5.41, 5.74) is 3.24. The highest BCUT2D eigenvalue weighted by molar-refractivity contribution is 6.02. The van der Waals surface area contributed by atoms with Gasteiger partial charge in [0, 0.05) is 23.0 Å². The first-order valence-electron chi connectivity index (χ1n) is 12.8. The van der Waals surface area contributed by atoms with E-state index in [4.69, 9.17) is 5.11 Å². The van der Waals surface area contributed by atoms with Crippen molar-refractivity contribution >= 4 is 34.9 Å². The summed E-state index contributed by atoms with van der Waals surface area (Å²) in [6, 6.07) is 15.0. The Morgan fingerprint density at radius 3 is 2.15 bits per heavy atom. The van der Waals surface area contributed by atoms with Crippen LogP contribution in [0.15, 0.2) is 72.8 Å². The van der Waals surface area contributed by atoms with E-state index >= 15 is 0 Å². The molecule has 0 atom stereocenters. The summed E-state index contributed by atoms with van der Waals surface area (Å²) < 4.78 is 54.0. The number of rotatable bonds is 9. The predicted octanol–water partition coefficient (Wildman–Crippen LogP) is 6.61. The number of benzene rings is 3. The second kappa shape index (κ2) is 12.7. The molecular formula is C30H27F4N3O4. The standard InChI is InChI=1S/C30H27F4N3O4/c31-23-14-24(32)16-25(15-23)36-29(41)37(26-12-10-21(11-13-26)20-4-2-1-3-5-20)17-19-6-8-22(9-7-19)27(38)35-18-30(33,34)28(39)40/h4,6-16H,1-3,5,17-18H2,(H,35,38)(H,36,41)(H,39,40). The number of alkyl halides is 2. The Bertz CT molecular complexity index is 1440. The number of halogens is 4. The Morgan fingerprint density at radius 2 is 1.56 bits per heavy atom. The molecule has 4 rings (SSSR count). The fourth-order valence-corrected chi connectivity index (χ4v) is 4.37. The van der Waals surface area contributed by atoms with Crippen molar-refractivity contribution in [2.45, 2.75) is 38.2 Å². The molecule has 3 amide bonds. The molecule has 3 aromatic carbocycles. The molecule has 0 unspecified atom stereocenters. The van der Waals surface area contributed by atoms with Crippen molar-refractivity contribution in [3.8, 4) is 0 Å². The molecule has 0 aliphatic heterocycles. The van der Waals surface area contributed by atoms with Gasteiger partial charge in [-0.3, -0.25) is 9.69 Å². The molecule has 0 saturated carbocycles. The average molecular weight is 570 g/mol. The molecule has 11 heteroatoms. The second-order valence-corrected chi connectivity index (χ2v) is 9.59. The monoisotopic (exact) mass is 569 g/mol. The van der Waals surface area contributed by atoms with Crippen LogP contribution in [0.5, 0.6) is 0 Å². The van der Waals surface area contributed by atoms with Crippen molar-refractivity contribution in [3.05, 3.63) is 101 Å². The summed E-state index contributed by atoms with van der Waals surface area (Å²) in [6.45, 7) is -1.38.